The molecule has 5 aromatic rings. The van der Waals surface area contributed by atoms with Crippen LogP contribution in [0.25, 0.3) is 16.7 Å². The average molecular weight is 458 g/mol. The average Bonchev–Trinajstić information content (AvgIpc) is 3.41. The number of amides is 2. The zero-order valence-electron chi connectivity index (χ0n) is 17.6. The minimum absolute atomic E-state index is 0.314. The van der Waals surface area contributed by atoms with Gasteiger partial charge in [-0.1, -0.05) is 36.0 Å². The zero-order chi connectivity index (χ0) is 22.8. The minimum atomic E-state index is -0.478. The number of carbonyl (C=O) groups excluding carboxylic acids is 2. The number of nitrogens with zero attached hydrogens (tertiary/aromatic N) is 4. The monoisotopic (exact) mass is 457 g/mol. The summed E-state index contributed by atoms with van der Waals surface area (Å²) in [6.07, 6.45) is 3.29. The molecule has 0 aliphatic rings. The summed E-state index contributed by atoms with van der Waals surface area (Å²) in [6.45, 7) is 1.72. The highest BCUT2D eigenvalue weighted by Crippen LogP contribution is 2.23. The summed E-state index contributed by atoms with van der Waals surface area (Å²) in [5, 5.41) is 5.10. The summed E-state index contributed by atoms with van der Waals surface area (Å²) in [4.78, 5) is 37.1. The second-order valence-corrected chi connectivity index (χ2v) is 8.27. The van der Waals surface area contributed by atoms with Crippen molar-refractivity contribution in [2.75, 3.05) is 0 Å². The van der Waals surface area contributed by atoms with Gasteiger partial charge in [0.1, 0.15) is 5.56 Å². The van der Waals surface area contributed by atoms with E-state index in [1.54, 1.807) is 49.3 Å². The summed E-state index contributed by atoms with van der Waals surface area (Å²) in [5.41, 5.74) is 9.57. The molecule has 3 aromatic heterocycles. The number of H-pyrrole nitrogens is 1. The number of hydrazine groups is 1. The first-order valence-electron chi connectivity index (χ1n) is 10.2. The molecule has 0 aliphatic carbocycles. The number of nitrogens with one attached hydrogen (secondary N) is 3. The largest absolute Gasteiger partial charge is 0.333 e. The lowest BCUT2D eigenvalue weighted by molar-refractivity contribution is 0.0847. The predicted octanol–water partition coefficient (Wildman–Crippen LogP) is 3.28. The van der Waals surface area contributed by atoms with Gasteiger partial charge < -0.3 is 4.98 Å². The van der Waals surface area contributed by atoms with E-state index >= 15 is 0 Å². The number of carbonyl (C=O) groups is 2. The van der Waals surface area contributed by atoms with Crippen molar-refractivity contribution in [3.8, 4) is 0 Å². The van der Waals surface area contributed by atoms with Crippen molar-refractivity contribution >= 4 is 40.3 Å². The third kappa shape index (κ3) is 4.28. The predicted molar refractivity (Wildman–Crippen MR) is 125 cm³/mol. The molecule has 0 saturated heterocycles. The number of imidazole rings is 1. The molecule has 0 radical (unpaired) electrons. The van der Waals surface area contributed by atoms with Gasteiger partial charge in [-0.05, 0) is 42.8 Å². The highest BCUT2D eigenvalue weighted by Gasteiger charge is 2.18. The molecule has 0 bridgehead atoms. The summed E-state index contributed by atoms with van der Waals surface area (Å²) in [5.74, 6) is -0.185. The van der Waals surface area contributed by atoms with E-state index in [2.05, 4.69) is 30.9 Å². The maximum Gasteiger partial charge on any atom is 0.275 e. The Morgan fingerprint density at radius 2 is 1.82 bits per heavy atom. The quantitative estimate of drug-likeness (QED) is 0.275. The van der Waals surface area contributed by atoms with Gasteiger partial charge in [0.15, 0.2) is 10.8 Å². The molecule has 33 heavy (non-hydrogen) atoms. The van der Waals surface area contributed by atoms with Crippen LogP contribution in [-0.2, 0) is 5.75 Å². The summed E-state index contributed by atoms with van der Waals surface area (Å²) in [6, 6.07) is 16.8. The number of hydrogen-bond acceptors (Lipinski definition) is 6. The van der Waals surface area contributed by atoms with Gasteiger partial charge >= 0.3 is 0 Å². The Labute approximate surface area is 192 Å². The lowest BCUT2D eigenvalue weighted by Crippen LogP contribution is -2.41. The fraction of sp³-hybridized carbons (Fsp3) is 0.0870. The van der Waals surface area contributed by atoms with Crippen LogP contribution in [0.15, 0.2) is 72.1 Å². The standard InChI is InChI=1S/C23H19N7O2S/c1-14-19(20-24-11-4-12-30(20)29-14)22(32)28-27-21(31)16-9-7-15(8-10-16)13-33-23-25-17-5-2-3-6-18(17)26-23/h2-12H,13H2,1H3,(H,25,26)(H,27,31)(H,28,32). The number of para-hydroxylation sites is 2. The molecule has 2 amide bonds. The number of rotatable bonds is 5. The van der Waals surface area contributed by atoms with E-state index in [1.807, 2.05) is 36.4 Å². The highest BCUT2D eigenvalue weighted by molar-refractivity contribution is 7.98. The molecule has 2 aromatic carbocycles. The van der Waals surface area contributed by atoms with Crippen LogP contribution in [0, 0.1) is 6.92 Å². The van der Waals surface area contributed by atoms with E-state index in [1.165, 1.54) is 4.52 Å². The van der Waals surface area contributed by atoms with Gasteiger partial charge in [-0.3, -0.25) is 20.4 Å². The third-order valence-electron chi connectivity index (χ3n) is 5.05. The molecule has 0 unspecified atom stereocenters. The molecule has 0 fully saturated rings. The van der Waals surface area contributed by atoms with Crippen molar-refractivity contribution in [1.82, 2.24) is 35.4 Å². The van der Waals surface area contributed by atoms with Crippen LogP contribution in [0.1, 0.15) is 32.0 Å². The van der Waals surface area contributed by atoms with Crippen molar-refractivity contribution in [3.63, 3.8) is 0 Å². The topological polar surface area (TPSA) is 117 Å². The third-order valence-corrected chi connectivity index (χ3v) is 5.99. The molecule has 9 nitrogen and oxygen atoms in total. The second kappa shape index (κ2) is 8.75. The van der Waals surface area contributed by atoms with Crippen molar-refractivity contribution in [3.05, 3.63) is 89.4 Å². The maximum absolute atomic E-state index is 12.6. The Balaban J connectivity index is 1.19. The molecular formula is C23H19N7O2S. The second-order valence-electron chi connectivity index (χ2n) is 7.30. The highest BCUT2D eigenvalue weighted by atomic mass is 32.2. The lowest BCUT2D eigenvalue weighted by atomic mass is 10.1. The molecule has 0 aliphatic heterocycles. The van der Waals surface area contributed by atoms with Gasteiger partial charge in [0, 0.05) is 23.7 Å². The Kier molecular flexibility index (Phi) is 5.49. The van der Waals surface area contributed by atoms with E-state index in [-0.39, 0.29) is 0 Å². The van der Waals surface area contributed by atoms with Gasteiger partial charge in [0.25, 0.3) is 11.8 Å². The molecule has 164 valence electrons. The Bertz CT molecular complexity index is 1440. The Hall–Kier alpha value is -4.18. The van der Waals surface area contributed by atoms with Crippen LogP contribution in [0.4, 0.5) is 0 Å². The van der Waals surface area contributed by atoms with Gasteiger partial charge in [-0.25, -0.2) is 14.5 Å². The molecule has 3 N–H and O–H groups in total. The van der Waals surface area contributed by atoms with E-state index in [4.69, 9.17) is 0 Å². The normalized spacial score (nSPS) is 11.1. The number of thioether (sulfide) groups is 1. The van der Waals surface area contributed by atoms with Crippen LogP contribution in [-0.4, -0.2) is 36.4 Å². The Morgan fingerprint density at radius 1 is 1.03 bits per heavy atom. The molecule has 10 heteroatoms. The SMILES string of the molecule is Cc1nn2cccnc2c1C(=O)NNC(=O)c1ccc(CSc2nc3ccccc3[nH]2)cc1. The summed E-state index contributed by atoms with van der Waals surface area (Å²) in [7, 11) is 0. The molecule has 0 saturated carbocycles. The molecule has 5 rings (SSSR count). The van der Waals surface area contributed by atoms with Crippen molar-refractivity contribution in [2.24, 2.45) is 0 Å². The van der Waals surface area contributed by atoms with Crippen LogP contribution >= 0.6 is 11.8 Å². The van der Waals surface area contributed by atoms with Crippen molar-refractivity contribution in [2.45, 2.75) is 17.8 Å². The minimum Gasteiger partial charge on any atom is -0.333 e. The zero-order valence-corrected chi connectivity index (χ0v) is 18.4. The number of benzene rings is 2. The van der Waals surface area contributed by atoms with Crippen molar-refractivity contribution in [1.29, 1.82) is 0 Å². The van der Waals surface area contributed by atoms with Crippen LogP contribution in [0.2, 0.25) is 0 Å². The van der Waals surface area contributed by atoms with Crippen LogP contribution in [0.5, 0.6) is 0 Å². The van der Waals surface area contributed by atoms with Gasteiger partial charge in [0.05, 0.1) is 16.7 Å². The van der Waals surface area contributed by atoms with Crippen LogP contribution in [0.3, 0.4) is 0 Å². The van der Waals surface area contributed by atoms with Gasteiger partial charge in [-0.2, -0.15) is 5.10 Å². The molecule has 0 spiro atoms. The maximum atomic E-state index is 12.6. The molecular weight excluding hydrogens is 438 g/mol. The first-order chi connectivity index (χ1) is 16.1. The van der Waals surface area contributed by atoms with Gasteiger partial charge in [0.2, 0.25) is 0 Å². The summed E-state index contributed by atoms with van der Waals surface area (Å²) < 4.78 is 1.52. The first-order valence-corrected chi connectivity index (χ1v) is 11.1. The van der Waals surface area contributed by atoms with Crippen LogP contribution < -0.4 is 10.9 Å². The molecule has 0 atom stereocenters. The van der Waals surface area contributed by atoms with Gasteiger partial charge in [-0.15, -0.1) is 0 Å². The van der Waals surface area contributed by atoms with E-state index in [9.17, 15) is 9.59 Å². The molecule has 3 heterocycles. The number of aromatic nitrogens is 5. The lowest BCUT2D eigenvalue weighted by Gasteiger charge is -2.08. The number of aryl methyl sites for hydroxylation is 1. The fourth-order valence-electron chi connectivity index (χ4n) is 3.41. The summed E-state index contributed by atoms with van der Waals surface area (Å²) >= 11 is 1.59. The number of fused-ring (bicyclic) bond motifs is 2. The smallest absolute Gasteiger partial charge is 0.275 e. The number of hydrogen-bond donors (Lipinski definition) is 3. The number of aromatic amines is 1. The first kappa shape index (κ1) is 20.7. The fourth-order valence-corrected chi connectivity index (χ4v) is 4.25. The Morgan fingerprint density at radius 3 is 2.64 bits per heavy atom. The van der Waals surface area contributed by atoms with Crippen molar-refractivity contribution < 1.29 is 9.59 Å². The van der Waals surface area contributed by atoms with E-state index in [0.717, 1.165) is 21.8 Å². The van der Waals surface area contributed by atoms with E-state index in [0.29, 0.717) is 28.2 Å². The van der Waals surface area contributed by atoms with E-state index < -0.39 is 11.8 Å².